The van der Waals surface area contributed by atoms with Crippen LogP contribution in [0.15, 0.2) is 71.6 Å². The molecule has 0 spiro atoms. The van der Waals surface area contributed by atoms with Crippen LogP contribution in [0.5, 0.6) is 5.75 Å². The molecule has 3 aromatic carbocycles. The first-order valence-electron chi connectivity index (χ1n) is 8.55. The predicted molar refractivity (Wildman–Crippen MR) is 106 cm³/mol. The summed E-state index contributed by atoms with van der Waals surface area (Å²) in [6.07, 6.45) is 0. The van der Waals surface area contributed by atoms with Crippen LogP contribution >= 0.6 is 0 Å². The number of hydrogen-bond acceptors (Lipinski definition) is 5. The highest BCUT2D eigenvalue weighted by Gasteiger charge is 2.24. The molecule has 144 valence electrons. The van der Waals surface area contributed by atoms with Gasteiger partial charge in [0.2, 0.25) is 10.0 Å². The van der Waals surface area contributed by atoms with E-state index in [1.165, 1.54) is 38.2 Å². The van der Waals surface area contributed by atoms with Crippen LogP contribution in [0.1, 0.15) is 17.3 Å². The minimum absolute atomic E-state index is 0.00189. The Morgan fingerprint density at radius 1 is 0.929 bits per heavy atom. The van der Waals surface area contributed by atoms with Gasteiger partial charge in [-0.1, -0.05) is 48.5 Å². The summed E-state index contributed by atoms with van der Waals surface area (Å²) in [6.45, 7) is 0.957. The Morgan fingerprint density at radius 3 is 2.25 bits per heavy atom. The maximum Gasteiger partial charge on any atom is 0.326 e. The Hall–Kier alpha value is -3.03. The Bertz CT molecular complexity index is 1130. The van der Waals surface area contributed by atoms with Crippen LogP contribution in [0.25, 0.3) is 10.8 Å². The Balaban J connectivity index is 1.75. The van der Waals surface area contributed by atoms with Gasteiger partial charge in [0.1, 0.15) is 12.3 Å². The molecule has 3 rings (SSSR count). The summed E-state index contributed by atoms with van der Waals surface area (Å²) in [5.74, 6) is -0.474. The predicted octanol–water partition coefficient (Wildman–Crippen LogP) is 3.27. The molecule has 0 saturated carbocycles. The average Bonchev–Trinajstić information content (AvgIpc) is 2.68. The molecule has 28 heavy (non-hydrogen) atoms. The molecule has 6 nitrogen and oxygen atoms in total. The average molecular weight is 397 g/mol. The van der Waals surface area contributed by atoms with Gasteiger partial charge in [0.05, 0.1) is 4.90 Å². The van der Waals surface area contributed by atoms with Gasteiger partial charge in [-0.25, -0.2) is 8.42 Å². The fourth-order valence-corrected chi connectivity index (χ4v) is 3.86. The van der Waals surface area contributed by atoms with Crippen molar-refractivity contribution in [3.8, 4) is 5.75 Å². The highest BCUT2D eigenvalue weighted by molar-refractivity contribution is 7.89. The first kappa shape index (κ1) is 19.7. The second-order valence-electron chi connectivity index (χ2n) is 6.29. The third-order valence-electron chi connectivity index (χ3n) is 4.29. The zero-order chi connectivity index (χ0) is 20.3. The lowest BCUT2D eigenvalue weighted by Gasteiger charge is -2.17. The van der Waals surface area contributed by atoms with Crippen LogP contribution in [0, 0.1) is 0 Å². The van der Waals surface area contributed by atoms with Gasteiger partial charge in [-0.3, -0.25) is 9.59 Å². The molecule has 0 saturated heterocycles. The Kier molecular flexibility index (Phi) is 5.58. The van der Waals surface area contributed by atoms with Gasteiger partial charge in [-0.15, -0.1) is 0 Å². The van der Waals surface area contributed by atoms with Gasteiger partial charge >= 0.3 is 5.97 Å². The van der Waals surface area contributed by atoms with Crippen LogP contribution in [0.3, 0.4) is 0 Å². The van der Waals surface area contributed by atoms with Gasteiger partial charge in [0.25, 0.3) is 0 Å². The number of hydrogen-bond donors (Lipinski definition) is 0. The monoisotopic (exact) mass is 397 g/mol. The number of likely N-dealkylation sites (N-methyl/N-ethyl adjacent to an activating group) is 1. The van der Waals surface area contributed by atoms with Crippen molar-refractivity contribution in [1.82, 2.24) is 4.31 Å². The number of sulfonamides is 1. The summed E-state index contributed by atoms with van der Waals surface area (Å²) in [5, 5.41) is 1.68. The molecule has 0 unspecified atom stereocenters. The maximum absolute atomic E-state index is 12.6. The molecule has 0 aromatic heterocycles. The quantitative estimate of drug-likeness (QED) is 0.362. The lowest BCUT2D eigenvalue weighted by atomic mass is 10.1. The van der Waals surface area contributed by atoms with Crippen molar-refractivity contribution in [2.75, 3.05) is 13.6 Å². The molecule has 0 amide bonds. The molecular formula is C21H19NO5S. The summed E-state index contributed by atoms with van der Waals surface area (Å²) in [4.78, 5) is 23.6. The van der Waals surface area contributed by atoms with E-state index in [1.54, 1.807) is 12.1 Å². The topological polar surface area (TPSA) is 80.8 Å². The molecule has 0 fully saturated rings. The molecule has 7 heteroatoms. The van der Waals surface area contributed by atoms with Gasteiger partial charge in [0.15, 0.2) is 5.78 Å². The molecular weight excluding hydrogens is 378 g/mol. The lowest BCUT2D eigenvalue weighted by Crippen LogP contribution is -2.34. The fourth-order valence-electron chi connectivity index (χ4n) is 2.75. The molecule has 0 N–H and O–H groups in total. The molecule has 0 aliphatic rings. The van der Waals surface area contributed by atoms with E-state index in [2.05, 4.69) is 0 Å². The molecule has 0 atom stereocenters. The van der Waals surface area contributed by atoms with E-state index in [9.17, 15) is 18.0 Å². The number of ether oxygens (including phenoxy) is 1. The van der Waals surface area contributed by atoms with Gasteiger partial charge in [0, 0.05) is 18.0 Å². The van der Waals surface area contributed by atoms with E-state index < -0.39 is 22.5 Å². The lowest BCUT2D eigenvalue weighted by molar-refractivity contribution is -0.134. The molecule has 0 bridgehead atoms. The minimum Gasteiger partial charge on any atom is -0.425 e. The summed E-state index contributed by atoms with van der Waals surface area (Å²) < 4.78 is 31.6. The van der Waals surface area contributed by atoms with E-state index in [4.69, 9.17) is 4.74 Å². The highest BCUT2D eigenvalue weighted by Crippen LogP contribution is 2.25. The third-order valence-corrected chi connectivity index (χ3v) is 6.11. The number of rotatable bonds is 6. The van der Waals surface area contributed by atoms with Crippen LogP contribution < -0.4 is 4.74 Å². The molecule has 0 aliphatic heterocycles. The fraction of sp³-hybridized carbons (Fsp3) is 0.143. The van der Waals surface area contributed by atoms with E-state index in [1.807, 2.05) is 30.3 Å². The van der Waals surface area contributed by atoms with Crippen molar-refractivity contribution < 1.29 is 22.7 Å². The molecule has 0 radical (unpaired) electrons. The number of carbonyl (C=O) groups excluding carboxylic acids is 2. The smallest absolute Gasteiger partial charge is 0.326 e. The molecule has 3 aromatic rings. The van der Waals surface area contributed by atoms with Gasteiger partial charge in [-0.05, 0) is 30.5 Å². The maximum atomic E-state index is 12.6. The van der Waals surface area contributed by atoms with Crippen molar-refractivity contribution in [2.45, 2.75) is 11.8 Å². The SMILES string of the molecule is CC(=O)c1ccc(S(=O)(=O)N(C)CC(=O)Oc2cccc3ccccc23)cc1. The second-order valence-corrected chi connectivity index (χ2v) is 8.34. The zero-order valence-corrected chi connectivity index (χ0v) is 16.3. The second kappa shape index (κ2) is 7.92. The third kappa shape index (κ3) is 4.11. The summed E-state index contributed by atoms with van der Waals surface area (Å²) >= 11 is 0. The van der Waals surface area contributed by atoms with Gasteiger partial charge < -0.3 is 4.74 Å². The normalized spacial score (nSPS) is 11.5. The Morgan fingerprint density at radius 2 is 1.57 bits per heavy atom. The van der Waals surface area contributed by atoms with Gasteiger partial charge in [-0.2, -0.15) is 4.31 Å². The van der Waals surface area contributed by atoms with Crippen LogP contribution in [-0.4, -0.2) is 38.1 Å². The van der Waals surface area contributed by atoms with E-state index in [-0.39, 0.29) is 10.7 Å². The number of ketones is 1. The van der Waals surface area contributed by atoms with E-state index >= 15 is 0 Å². The molecule has 0 aliphatic carbocycles. The van der Waals surface area contributed by atoms with Crippen LogP contribution in [0.2, 0.25) is 0 Å². The Labute approximate surface area is 163 Å². The largest absolute Gasteiger partial charge is 0.425 e. The number of carbonyl (C=O) groups is 2. The number of nitrogens with zero attached hydrogens (tertiary/aromatic N) is 1. The van der Waals surface area contributed by atoms with Crippen molar-refractivity contribution >= 4 is 32.5 Å². The number of Topliss-reactive ketones (excluding diaryl/α,β-unsaturated/α-hetero) is 1. The molecule has 0 heterocycles. The van der Waals surface area contributed by atoms with Crippen LogP contribution in [0.4, 0.5) is 0 Å². The highest BCUT2D eigenvalue weighted by atomic mass is 32.2. The number of fused-ring (bicyclic) bond motifs is 1. The number of esters is 1. The van der Waals surface area contributed by atoms with Crippen LogP contribution in [-0.2, 0) is 14.8 Å². The first-order valence-corrected chi connectivity index (χ1v) is 9.99. The summed E-state index contributed by atoms with van der Waals surface area (Å²) in [7, 11) is -2.59. The van der Waals surface area contributed by atoms with E-state index in [0.29, 0.717) is 11.3 Å². The minimum atomic E-state index is -3.89. The van der Waals surface area contributed by atoms with Crippen molar-refractivity contribution in [1.29, 1.82) is 0 Å². The van der Waals surface area contributed by atoms with Crippen molar-refractivity contribution in [3.05, 3.63) is 72.3 Å². The summed E-state index contributed by atoms with van der Waals surface area (Å²) in [5.41, 5.74) is 0.414. The summed E-state index contributed by atoms with van der Waals surface area (Å²) in [6, 6.07) is 18.3. The van der Waals surface area contributed by atoms with Crippen molar-refractivity contribution in [3.63, 3.8) is 0 Å². The van der Waals surface area contributed by atoms with Crippen molar-refractivity contribution in [2.24, 2.45) is 0 Å². The first-order chi connectivity index (χ1) is 13.3. The standard InChI is InChI=1S/C21H19NO5S/c1-15(23)16-10-12-18(13-11-16)28(25,26)22(2)14-21(24)27-20-9-5-7-17-6-3-4-8-19(17)20/h3-13H,14H2,1-2H3. The van der Waals surface area contributed by atoms with E-state index in [0.717, 1.165) is 15.1 Å². The zero-order valence-electron chi connectivity index (χ0n) is 15.5. The number of benzene rings is 3.